The van der Waals surface area contributed by atoms with Gasteiger partial charge in [0, 0.05) is 19.8 Å². The van der Waals surface area contributed by atoms with Gasteiger partial charge >= 0.3 is 6.18 Å². The number of nitrogens with zero attached hydrogens (tertiary/aromatic N) is 3. The van der Waals surface area contributed by atoms with Gasteiger partial charge in [-0.3, -0.25) is 0 Å². The molecule has 0 bridgehead atoms. The van der Waals surface area contributed by atoms with Gasteiger partial charge in [0.1, 0.15) is 5.82 Å². The van der Waals surface area contributed by atoms with Gasteiger partial charge in [0.05, 0.1) is 11.3 Å². The Morgan fingerprint density at radius 2 is 1.91 bits per heavy atom. The summed E-state index contributed by atoms with van der Waals surface area (Å²) in [6.45, 7) is 2.87. The molecule has 1 aromatic heterocycles. The molecule has 7 heteroatoms. The van der Waals surface area contributed by atoms with Crippen molar-refractivity contribution in [3.8, 4) is 0 Å². The van der Waals surface area contributed by atoms with Crippen molar-refractivity contribution in [2.75, 3.05) is 23.8 Å². The first kappa shape index (κ1) is 17.1. The van der Waals surface area contributed by atoms with Crippen LogP contribution in [0.3, 0.4) is 0 Å². The highest BCUT2D eigenvalue weighted by Crippen LogP contribution is 2.35. The van der Waals surface area contributed by atoms with Crippen molar-refractivity contribution in [2.45, 2.75) is 25.9 Å². The van der Waals surface area contributed by atoms with Crippen molar-refractivity contribution in [3.63, 3.8) is 0 Å². The van der Waals surface area contributed by atoms with Crippen LogP contribution in [0, 0.1) is 0 Å². The number of rotatable bonds is 6. The Kier molecular flexibility index (Phi) is 5.41. The van der Waals surface area contributed by atoms with Crippen LogP contribution in [0.4, 0.5) is 30.6 Å². The van der Waals surface area contributed by atoms with Crippen molar-refractivity contribution >= 4 is 17.5 Å². The molecular weight excluding hydrogens is 305 g/mol. The van der Waals surface area contributed by atoms with Gasteiger partial charge in [-0.15, -0.1) is 0 Å². The summed E-state index contributed by atoms with van der Waals surface area (Å²) in [7, 11) is 1.86. The zero-order chi connectivity index (χ0) is 16.9. The molecule has 0 unspecified atom stereocenters. The first-order valence-corrected chi connectivity index (χ1v) is 7.39. The summed E-state index contributed by atoms with van der Waals surface area (Å²) < 4.78 is 39.1. The number of hydrogen-bond acceptors (Lipinski definition) is 4. The maximum Gasteiger partial charge on any atom is 0.418 e. The number of aromatic nitrogens is 2. The molecule has 1 N–H and O–H groups in total. The lowest BCUT2D eigenvalue weighted by molar-refractivity contribution is -0.136. The molecule has 124 valence electrons. The lowest BCUT2D eigenvalue weighted by atomic mass is 10.1. The third kappa shape index (κ3) is 4.58. The van der Waals surface area contributed by atoms with E-state index in [2.05, 4.69) is 22.2 Å². The van der Waals surface area contributed by atoms with Gasteiger partial charge in [-0.05, 0) is 24.6 Å². The molecule has 0 spiro atoms. The minimum atomic E-state index is -4.42. The average Bonchev–Trinajstić information content (AvgIpc) is 2.52. The molecule has 0 amide bonds. The molecule has 1 aromatic carbocycles. The number of halogens is 3. The van der Waals surface area contributed by atoms with E-state index in [1.807, 2.05) is 11.9 Å². The van der Waals surface area contributed by atoms with Gasteiger partial charge in [0.2, 0.25) is 5.95 Å². The van der Waals surface area contributed by atoms with Gasteiger partial charge in [-0.1, -0.05) is 25.5 Å². The fourth-order valence-electron chi connectivity index (χ4n) is 2.07. The van der Waals surface area contributed by atoms with E-state index < -0.39 is 11.7 Å². The molecule has 0 aliphatic carbocycles. The molecule has 2 rings (SSSR count). The van der Waals surface area contributed by atoms with Crippen molar-refractivity contribution in [2.24, 2.45) is 0 Å². The minimum Gasteiger partial charge on any atom is -0.344 e. The van der Waals surface area contributed by atoms with Crippen molar-refractivity contribution in [1.29, 1.82) is 0 Å². The first-order valence-electron chi connectivity index (χ1n) is 7.39. The number of alkyl halides is 3. The Morgan fingerprint density at radius 1 is 1.17 bits per heavy atom. The summed E-state index contributed by atoms with van der Waals surface area (Å²) in [5.41, 5.74) is -0.750. The van der Waals surface area contributed by atoms with E-state index in [-0.39, 0.29) is 5.69 Å². The average molecular weight is 324 g/mol. The van der Waals surface area contributed by atoms with Gasteiger partial charge in [-0.2, -0.15) is 18.2 Å². The quantitative estimate of drug-likeness (QED) is 0.851. The van der Waals surface area contributed by atoms with E-state index in [9.17, 15) is 13.2 Å². The summed E-state index contributed by atoms with van der Waals surface area (Å²) in [5, 5.41) is 2.73. The van der Waals surface area contributed by atoms with E-state index >= 15 is 0 Å². The molecule has 0 radical (unpaired) electrons. The monoisotopic (exact) mass is 324 g/mol. The van der Waals surface area contributed by atoms with Crippen LogP contribution in [-0.2, 0) is 6.18 Å². The molecular formula is C16H19F3N4. The number of unbranched alkanes of at least 4 members (excludes halogenated alkanes) is 1. The SMILES string of the molecule is CCCCN(C)c1nccc(Nc2ccccc2C(F)(F)F)n1. The molecule has 1 heterocycles. The molecule has 0 saturated carbocycles. The number of anilines is 3. The van der Waals surface area contributed by atoms with Crippen molar-refractivity contribution < 1.29 is 13.2 Å². The van der Waals surface area contributed by atoms with Crippen LogP contribution in [0.15, 0.2) is 36.5 Å². The van der Waals surface area contributed by atoms with Gasteiger partial charge < -0.3 is 10.2 Å². The molecule has 4 nitrogen and oxygen atoms in total. The van der Waals surface area contributed by atoms with E-state index in [4.69, 9.17) is 0 Å². The van der Waals surface area contributed by atoms with Crippen molar-refractivity contribution in [3.05, 3.63) is 42.1 Å². The maximum atomic E-state index is 13.0. The zero-order valence-corrected chi connectivity index (χ0v) is 13.1. The Bertz CT molecular complexity index is 643. The standard InChI is InChI=1S/C16H19F3N4/c1-3-4-11-23(2)15-20-10-9-14(22-15)21-13-8-6-5-7-12(13)16(17,18)19/h5-10H,3-4,11H2,1-2H3,(H,20,21,22). The Balaban J connectivity index is 2.22. The lowest BCUT2D eigenvalue weighted by Crippen LogP contribution is -2.21. The number of hydrogen-bond donors (Lipinski definition) is 1. The summed E-state index contributed by atoms with van der Waals surface area (Å²) >= 11 is 0. The summed E-state index contributed by atoms with van der Waals surface area (Å²) in [6, 6.07) is 6.87. The fraction of sp³-hybridized carbons (Fsp3) is 0.375. The van der Waals surface area contributed by atoms with Crippen LogP contribution in [0.25, 0.3) is 0 Å². The highest BCUT2D eigenvalue weighted by molar-refractivity contribution is 5.62. The molecule has 0 aliphatic rings. The zero-order valence-electron chi connectivity index (χ0n) is 13.1. The predicted octanol–water partition coefficient (Wildman–Crippen LogP) is 4.48. The van der Waals surface area contributed by atoms with Crippen molar-refractivity contribution in [1.82, 2.24) is 9.97 Å². The molecule has 2 aromatic rings. The molecule has 0 fully saturated rings. The smallest absolute Gasteiger partial charge is 0.344 e. The lowest BCUT2D eigenvalue weighted by Gasteiger charge is -2.18. The van der Waals surface area contributed by atoms with E-state index in [1.54, 1.807) is 12.1 Å². The van der Waals surface area contributed by atoms with E-state index in [0.717, 1.165) is 25.5 Å². The summed E-state index contributed by atoms with van der Waals surface area (Å²) in [6.07, 6.45) is -0.851. The van der Waals surface area contributed by atoms with E-state index in [0.29, 0.717) is 11.8 Å². The van der Waals surface area contributed by atoms with Gasteiger partial charge in [-0.25, -0.2) is 4.98 Å². The van der Waals surface area contributed by atoms with Crippen LogP contribution in [0.5, 0.6) is 0 Å². The van der Waals surface area contributed by atoms with Crippen LogP contribution in [0.2, 0.25) is 0 Å². The number of nitrogens with one attached hydrogen (secondary N) is 1. The van der Waals surface area contributed by atoms with Crippen LogP contribution < -0.4 is 10.2 Å². The number of para-hydroxylation sites is 1. The second kappa shape index (κ2) is 7.30. The first-order chi connectivity index (χ1) is 10.9. The fourth-order valence-corrected chi connectivity index (χ4v) is 2.07. The Morgan fingerprint density at radius 3 is 2.61 bits per heavy atom. The predicted molar refractivity (Wildman–Crippen MR) is 84.9 cm³/mol. The van der Waals surface area contributed by atoms with Crippen LogP contribution in [-0.4, -0.2) is 23.6 Å². The third-order valence-corrected chi connectivity index (χ3v) is 3.33. The molecule has 0 saturated heterocycles. The summed E-state index contributed by atoms with van der Waals surface area (Å²) in [4.78, 5) is 10.3. The second-order valence-electron chi connectivity index (χ2n) is 5.19. The highest BCUT2D eigenvalue weighted by Gasteiger charge is 2.33. The van der Waals surface area contributed by atoms with Crippen LogP contribution >= 0.6 is 0 Å². The topological polar surface area (TPSA) is 41.1 Å². The second-order valence-corrected chi connectivity index (χ2v) is 5.19. The van der Waals surface area contributed by atoms with E-state index in [1.165, 1.54) is 18.3 Å². The minimum absolute atomic E-state index is 0.0270. The largest absolute Gasteiger partial charge is 0.418 e. The molecule has 23 heavy (non-hydrogen) atoms. The Hall–Kier alpha value is -2.31. The normalized spacial score (nSPS) is 11.3. The molecule has 0 aliphatic heterocycles. The van der Waals surface area contributed by atoms with Gasteiger partial charge in [0.15, 0.2) is 0 Å². The Labute approximate surface area is 133 Å². The van der Waals surface area contributed by atoms with Gasteiger partial charge in [0.25, 0.3) is 0 Å². The maximum absolute atomic E-state index is 13.0. The highest BCUT2D eigenvalue weighted by atomic mass is 19.4. The third-order valence-electron chi connectivity index (χ3n) is 3.33. The summed E-state index contributed by atoms with van der Waals surface area (Å²) in [5.74, 6) is 0.808. The number of benzene rings is 1. The van der Waals surface area contributed by atoms with Crippen LogP contribution in [0.1, 0.15) is 25.3 Å². The molecule has 0 atom stereocenters.